The van der Waals surface area contributed by atoms with E-state index >= 15 is 4.79 Å². The number of nitrogens with zero attached hydrogens (tertiary/aromatic N) is 1. The topological polar surface area (TPSA) is 341 Å². The highest BCUT2D eigenvalue weighted by Crippen LogP contribution is 2.61. The van der Waals surface area contributed by atoms with Crippen molar-refractivity contribution in [2.24, 2.45) is 46.8 Å². The number of allylic oxidation sites excluding steroid dienone is 3. The molecule has 95 heavy (non-hydrogen) atoms. The molecule has 0 radical (unpaired) electrons. The molecule has 0 aromatic rings. The number of fused-ring (bicyclic) bond motifs is 4. The van der Waals surface area contributed by atoms with Crippen LogP contribution >= 0.6 is 0 Å². The van der Waals surface area contributed by atoms with Crippen LogP contribution < -0.4 is 5.32 Å². The van der Waals surface area contributed by atoms with E-state index in [1.165, 1.54) is 13.0 Å². The third-order valence-corrected chi connectivity index (χ3v) is 22.1. The van der Waals surface area contributed by atoms with E-state index in [-0.39, 0.29) is 43.1 Å². The third-order valence-electron chi connectivity index (χ3n) is 22.1. The van der Waals surface area contributed by atoms with Crippen molar-refractivity contribution in [3.05, 3.63) is 68.5 Å². The second kappa shape index (κ2) is 29.0. The zero-order valence-corrected chi connectivity index (χ0v) is 57.0. The summed E-state index contributed by atoms with van der Waals surface area (Å²) in [5.41, 5.74) is -4.92. The minimum atomic E-state index is -2.20. The number of methoxy groups -OCH3 is 1. The number of nitro groups is 1. The number of aldehydes is 1. The van der Waals surface area contributed by atoms with Crippen LogP contribution in [0.5, 0.6) is 0 Å². The average Bonchev–Trinajstić information content (AvgIpc) is 1.52. The van der Waals surface area contributed by atoms with E-state index in [0.717, 1.165) is 7.11 Å². The lowest BCUT2D eigenvalue weighted by Crippen LogP contribution is -2.65. The van der Waals surface area contributed by atoms with E-state index in [1.54, 1.807) is 47.6 Å². The van der Waals surface area contributed by atoms with Gasteiger partial charge in [0.25, 0.3) is 0 Å². The van der Waals surface area contributed by atoms with Gasteiger partial charge in [0.1, 0.15) is 35.9 Å². The Morgan fingerprint density at radius 2 is 1.36 bits per heavy atom. The third kappa shape index (κ3) is 14.4. The van der Waals surface area contributed by atoms with Crippen LogP contribution in [0.15, 0.2) is 58.4 Å². The molecule has 26 heteroatoms. The Bertz CT molecular complexity index is 3010. The van der Waals surface area contributed by atoms with E-state index in [1.807, 2.05) is 39.8 Å². The van der Waals surface area contributed by atoms with Gasteiger partial charge in [-0.2, -0.15) is 0 Å². The van der Waals surface area contributed by atoms with E-state index in [9.17, 15) is 49.7 Å². The van der Waals surface area contributed by atoms with Gasteiger partial charge in [-0.25, -0.2) is 9.59 Å². The molecule has 0 aromatic heterocycles. The summed E-state index contributed by atoms with van der Waals surface area (Å²) in [6, 6.07) is -1.13. The second-order valence-corrected chi connectivity index (χ2v) is 29.2. The molecule has 1 unspecified atom stereocenters. The number of nitrogens with one attached hydrogen (secondary N) is 1. The van der Waals surface area contributed by atoms with Crippen molar-refractivity contribution in [1.82, 2.24) is 5.32 Å². The first-order valence-electron chi connectivity index (χ1n) is 34.0. The standard InChI is InChI=1S/C69H100N2O24/c1-31(2)64(78)94-60-39(10)87-54(27-50(60)91-51-22-20-49(37(8)85-51)90-53-26-47(75)59(38(9)86-53)92-52-21-18-45(73)36(7)84-52)93-58-35(6)23-34(5)57-42(58)16-17-43-32(3)15-19-48(89-55-29-67(12,71(81)82)61(40(11)88-55)70-66(80)83-14)33(4)24-44-46(74)25-41(30-72)28-69(44)63(77)56(65(79)95-69)62(76)68(43,57)13/h15-17,24-25,30-31,34-40,42-55,57-61,73-76H,18-23,26-29H2,1-14H3,(H,70,80)/b32-15+,33-24+,62-56-/t34-,35-,36-,37-,38+,39-,40+,42-,43?,44+,45+,46-,47-,48-,49+,50-,51+,52-,53-,54-,55-,57+,58-,59+,60-,61-,67-,68+,69-/m0/s1. The number of amides is 1. The number of ketones is 1. The quantitative estimate of drug-likeness (QED) is 0.0209. The van der Waals surface area contributed by atoms with Gasteiger partial charge >= 0.3 is 18.0 Å². The lowest BCUT2D eigenvalue weighted by Gasteiger charge is -2.56. The molecule has 10 rings (SSSR count). The largest absolute Gasteiger partial charge is 0.511 e. The fourth-order valence-electron chi connectivity index (χ4n) is 17.0. The number of alkyl carbamates (subject to hydrolysis) is 1. The van der Waals surface area contributed by atoms with Gasteiger partial charge in [0.05, 0.1) is 92.5 Å². The first-order valence-corrected chi connectivity index (χ1v) is 34.0. The van der Waals surface area contributed by atoms with Crippen LogP contribution in [0.3, 0.4) is 0 Å². The molecule has 1 amide bonds. The van der Waals surface area contributed by atoms with Gasteiger partial charge in [-0.15, -0.1) is 0 Å². The van der Waals surface area contributed by atoms with Crippen molar-refractivity contribution in [1.29, 1.82) is 0 Å². The van der Waals surface area contributed by atoms with Crippen LogP contribution in [0.4, 0.5) is 4.79 Å². The number of rotatable bonds is 15. The number of ether oxygens (including phenoxy) is 13. The molecule has 7 fully saturated rings. The van der Waals surface area contributed by atoms with Crippen LogP contribution in [0.1, 0.15) is 154 Å². The Labute approximate surface area is 555 Å². The summed E-state index contributed by atoms with van der Waals surface area (Å²) in [7, 11) is 1.15. The predicted octanol–water partition coefficient (Wildman–Crippen LogP) is 7.00. The highest BCUT2D eigenvalue weighted by Gasteiger charge is 2.65. The van der Waals surface area contributed by atoms with Gasteiger partial charge in [0.15, 0.2) is 43.2 Å². The molecule has 2 bridgehead atoms. The van der Waals surface area contributed by atoms with Crippen LogP contribution in [0.25, 0.3) is 0 Å². The van der Waals surface area contributed by atoms with E-state index in [2.05, 4.69) is 25.2 Å². The smallest absolute Gasteiger partial charge is 0.407 e. The van der Waals surface area contributed by atoms with Gasteiger partial charge < -0.3 is 87.3 Å². The molecule has 29 atom stereocenters. The number of carbonyl (C=O) groups excluding carboxylic acids is 5. The lowest BCUT2D eigenvalue weighted by atomic mass is 9.49. The van der Waals surface area contributed by atoms with Gasteiger partial charge in [0, 0.05) is 61.2 Å². The zero-order valence-electron chi connectivity index (χ0n) is 57.0. The van der Waals surface area contributed by atoms with Gasteiger partial charge in [0.2, 0.25) is 11.3 Å². The maximum absolute atomic E-state index is 15.6. The molecular formula is C69H100N2O24. The molecule has 6 aliphatic heterocycles. The van der Waals surface area contributed by atoms with Crippen LogP contribution in [0, 0.1) is 57.0 Å². The lowest BCUT2D eigenvalue weighted by molar-refractivity contribution is -0.584. The molecule has 1 spiro atoms. The molecule has 6 heterocycles. The van der Waals surface area contributed by atoms with Crippen molar-refractivity contribution in [3.8, 4) is 0 Å². The summed E-state index contributed by atoms with van der Waals surface area (Å²) in [4.78, 5) is 81.3. The fourth-order valence-corrected chi connectivity index (χ4v) is 17.0. The number of hydrogen-bond donors (Lipinski definition) is 5. The van der Waals surface area contributed by atoms with Gasteiger partial charge in [-0.3, -0.25) is 24.5 Å². The van der Waals surface area contributed by atoms with Crippen LogP contribution in [0.2, 0.25) is 0 Å². The zero-order chi connectivity index (χ0) is 69.1. The Morgan fingerprint density at radius 1 is 0.726 bits per heavy atom. The molecule has 0 aromatic carbocycles. The normalized spacial score (nSPS) is 47.5. The van der Waals surface area contributed by atoms with Crippen molar-refractivity contribution in [3.63, 3.8) is 0 Å². The Balaban J connectivity index is 0.914. The monoisotopic (exact) mass is 1340 g/mol. The molecule has 6 saturated heterocycles. The molecule has 530 valence electrons. The molecule has 4 aliphatic carbocycles. The maximum Gasteiger partial charge on any atom is 0.407 e. The number of carbonyl (C=O) groups is 5. The Morgan fingerprint density at radius 3 is 2.01 bits per heavy atom. The number of hydrogen-bond acceptors (Lipinski definition) is 24. The molecular weight excluding hydrogens is 1240 g/mol. The summed E-state index contributed by atoms with van der Waals surface area (Å²) in [6.07, 6.45) is -4.28. The number of aliphatic hydroxyl groups excluding tert-OH is 4. The summed E-state index contributed by atoms with van der Waals surface area (Å²) >= 11 is 0. The summed E-state index contributed by atoms with van der Waals surface area (Å²) in [5, 5.41) is 62.1. The summed E-state index contributed by atoms with van der Waals surface area (Å²) in [5.74, 6) is -6.86. The number of Topliss-reactive ketones (excluding diaryl/α,β-unsaturated/α-hetero) is 1. The van der Waals surface area contributed by atoms with Crippen molar-refractivity contribution < 1.29 is 111 Å². The first kappa shape index (κ1) is 72.7. The van der Waals surface area contributed by atoms with Crippen LogP contribution in [-0.2, 0) is 80.8 Å². The van der Waals surface area contributed by atoms with Gasteiger partial charge in [-0.05, 0) is 109 Å². The predicted molar refractivity (Wildman–Crippen MR) is 334 cm³/mol. The molecule has 10 aliphatic rings. The van der Waals surface area contributed by atoms with Crippen molar-refractivity contribution in [2.45, 2.75) is 288 Å². The average molecular weight is 1340 g/mol. The highest BCUT2D eigenvalue weighted by atomic mass is 16.8. The minimum Gasteiger partial charge on any atom is -0.511 e. The fraction of sp³-hybridized carbons (Fsp3) is 0.783. The molecule has 26 nitrogen and oxygen atoms in total. The Kier molecular flexibility index (Phi) is 22.2. The molecule has 5 N–H and O–H groups in total. The Hall–Kier alpha value is -5.07. The van der Waals surface area contributed by atoms with Gasteiger partial charge in [-0.1, -0.05) is 64.5 Å². The first-order chi connectivity index (χ1) is 44.8. The number of esters is 2. The molecule has 1 saturated carbocycles. The van der Waals surface area contributed by atoms with E-state index < -0.39 is 216 Å². The minimum absolute atomic E-state index is 0.00174. The number of aliphatic hydroxyl groups is 4. The second-order valence-electron chi connectivity index (χ2n) is 29.2. The highest BCUT2D eigenvalue weighted by molar-refractivity contribution is 6.26. The summed E-state index contributed by atoms with van der Waals surface area (Å²) in [6.45, 7) is 23.3. The SMILES string of the molecule is COC(=O)N[C@H]1[C@@H](C)O[C@@H](O[C@H]2C/C=C(\C)C3C=C[C@@H]4[C@@H](O[C@H]5C[C@H](O[C@@H]6CC[C@@H](O[C@H]7C[C@H](O)[C@H](O[C@H]8CC[C@@H](O)[C@H](C)O8)[C@@H](C)O7)[C@H](C)O6)[C@@H](OC(=O)C(C)C)[C@H](C)O5)[C@@H](C)C[C@H](C)[C@H]4[C@]3(C)/C(O)=C3/C(=O)O[C@]4(CC(C=O)=C[C@H](O)[C@H]4/C=C/2C)C3=O)C[C@]1(C)[N+](=O)[O-]. The van der Waals surface area contributed by atoms with E-state index in [4.69, 9.17) is 61.6 Å². The van der Waals surface area contributed by atoms with Crippen LogP contribution in [-0.4, -0.2) is 197 Å². The van der Waals surface area contributed by atoms with Crippen molar-refractivity contribution >= 4 is 30.1 Å². The van der Waals surface area contributed by atoms with E-state index in [0.29, 0.717) is 49.5 Å². The van der Waals surface area contributed by atoms with Crippen molar-refractivity contribution in [2.75, 3.05) is 7.11 Å². The summed E-state index contributed by atoms with van der Waals surface area (Å²) < 4.78 is 82.1. The maximum atomic E-state index is 15.6.